The lowest BCUT2D eigenvalue weighted by atomic mass is 9.80. The number of phosphoric acid groups is 2. The van der Waals surface area contributed by atoms with Crippen molar-refractivity contribution in [2.75, 3.05) is 0 Å². The van der Waals surface area contributed by atoms with Gasteiger partial charge in [0.1, 0.15) is 23.0 Å². The van der Waals surface area contributed by atoms with Crippen molar-refractivity contribution >= 4 is 38.7 Å². The van der Waals surface area contributed by atoms with Gasteiger partial charge in [0.15, 0.2) is 0 Å². The van der Waals surface area contributed by atoms with Crippen LogP contribution in [0.15, 0.2) is 164 Å². The molecule has 0 unspecified atom stereocenters. The molecule has 322 valence electrons. The molecule has 0 radical (unpaired) electrons. The van der Waals surface area contributed by atoms with Gasteiger partial charge >= 0.3 is 21.6 Å². The average Bonchev–Trinajstić information content (AvgIpc) is 3.26. The molecule has 0 saturated carbocycles. The Morgan fingerprint density at radius 1 is 0.562 bits per heavy atom. The number of hydrogen-bond donors (Lipinski definition) is 6. The van der Waals surface area contributed by atoms with E-state index in [4.69, 9.17) is 13.8 Å². The number of fused-ring (bicyclic) bond motifs is 2. The summed E-state index contributed by atoms with van der Waals surface area (Å²) in [6.45, 7) is 2.19. The molecule has 15 heteroatoms. The number of carboxylic acids is 1. The summed E-state index contributed by atoms with van der Waals surface area (Å²) in [5.74, 6) is -3.33. The highest BCUT2D eigenvalue weighted by atomic mass is 31.2. The number of rotatable bonds is 13. The zero-order valence-corrected chi connectivity index (χ0v) is 35.7. The van der Waals surface area contributed by atoms with Gasteiger partial charge in [-0.2, -0.15) is 0 Å². The van der Waals surface area contributed by atoms with Gasteiger partial charge in [-0.15, -0.1) is 0 Å². The monoisotopic (exact) mass is 895 g/mol. The summed E-state index contributed by atoms with van der Waals surface area (Å²) in [7, 11) is -9.99. The Morgan fingerprint density at radius 3 is 1.48 bits per heavy atom. The van der Waals surface area contributed by atoms with Crippen molar-refractivity contribution in [1.82, 2.24) is 5.32 Å². The van der Waals surface area contributed by atoms with E-state index in [0.717, 1.165) is 44.5 Å². The predicted molar refractivity (Wildman–Crippen MR) is 239 cm³/mol. The van der Waals surface area contributed by atoms with Gasteiger partial charge in [-0.25, -0.2) is 13.9 Å². The van der Waals surface area contributed by atoms with E-state index >= 15 is 0 Å². The van der Waals surface area contributed by atoms with Crippen LogP contribution in [0.2, 0.25) is 0 Å². The lowest BCUT2D eigenvalue weighted by Gasteiger charge is -2.30. The molecule has 1 heterocycles. The van der Waals surface area contributed by atoms with Crippen LogP contribution < -0.4 is 19.1 Å². The molecule has 0 aliphatic carbocycles. The molecule has 0 bridgehead atoms. The fraction of sp³-hybridized carbons (Fsp3) is 0.0612. The standard InChI is InChI=1S/C49H39NO12P2/c1-30-12-16-34(17-13-30)45(32-8-4-2-5-9-32)46(33-10-6-3-7-11-33)35-18-14-31(15-19-35)29-50-48(51)36-20-23-39(49(52)53)42(26-36)47-40-24-21-37(61-63(54,55)56)27-43(40)60-44-28-38(22-25-41(44)47)62-64(57,58)59/h2-28,47H,29H2,1H3,(H,50,51)(H,52,53)(H2,54,55,56)(H2,57,58,59)/b46-45+. The van der Waals surface area contributed by atoms with E-state index in [1.165, 1.54) is 54.6 Å². The highest BCUT2D eigenvalue weighted by Crippen LogP contribution is 2.52. The number of amides is 1. The zero-order chi connectivity index (χ0) is 45.2. The number of aromatic carboxylic acids is 1. The van der Waals surface area contributed by atoms with E-state index in [1.807, 2.05) is 60.7 Å². The fourth-order valence-electron chi connectivity index (χ4n) is 7.74. The van der Waals surface area contributed by atoms with Crippen LogP contribution in [-0.4, -0.2) is 36.6 Å². The van der Waals surface area contributed by atoms with E-state index in [0.29, 0.717) is 11.1 Å². The van der Waals surface area contributed by atoms with Crippen molar-refractivity contribution in [2.24, 2.45) is 0 Å². The van der Waals surface area contributed by atoms with Crippen LogP contribution in [0.1, 0.15) is 76.7 Å². The van der Waals surface area contributed by atoms with Gasteiger partial charge in [-0.3, -0.25) is 24.4 Å². The number of aryl methyl sites for hydroxylation is 1. The minimum Gasteiger partial charge on any atom is -0.478 e. The Balaban J connectivity index is 1.12. The Hall–Kier alpha value is -7.08. The molecule has 6 N–H and O–H groups in total. The highest BCUT2D eigenvalue weighted by Gasteiger charge is 2.34. The van der Waals surface area contributed by atoms with Gasteiger partial charge in [-0.1, -0.05) is 127 Å². The quantitative estimate of drug-likeness (QED) is 0.0472. The molecule has 13 nitrogen and oxygen atoms in total. The topological polar surface area (TPSA) is 209 Å². The maximum absolute atomic E-state index is 13.9. The third-order valence-corrected chi connectivity index (χ3v) is 11.4. The Bertz CT molecular complexity index is 2940. The van der Waals surface area contributed by atoms with Gasteiger partial charge in [0.25, 0.3) is 5.91 Å². The van der Waals surface area contributed by atoms with Crippen molar-refractivity contribution < 1.29 is 57.2 Å². The molecule has 1 aliphatic rings. The Labute approximate surface area is 367 Å². The third kappa shape index (κ3) is 9.91. The Morgan fingerprint density at radius 2 is 1.02 bits per heavy atom. The van der Waals surface area contributed by atoms with Crippen LogP contribution in [0.3, 0.4) is 0 Å². The molecule has 1 aliphatic heterocycles. The minimum absolute atomic E-state index is 0.00792. The molecule has 7 aromatic carbocycles. The van der Waals surface area contributed by atoms with Crippen molar-refractivity contribution in [2.45, 2.75) is 19.4 Å². The van der Waals surface area contributed by atoms with Crippen molar-refractivity contribution in [3.05, 3.63) is 225 Å². The molecular formula is C49H39NO12P2. The van der Waals surface area contributed by atoms with E-state index in [1.54, 1.807) is 0 Å². The van der Waals surface area contributed by atoms with E-state index in [9.17, 15) is 43.4 Å². The summed E-state index contributed by atoms with van der Waals surface area (Å²) in [5, 5.41) is 13.3. The lowest BCUT2D eigenvalue weighted by molar-refractivity contribution is 0.0694. The highest BCUT2D eigenvalue weighted by molar-refractivity contribution is 7.47. The van der Waals surface area contributed by atoms with E-state index in [2.05, 4.69) is 60.8 Å². The van der Waals surface area contributed by atoms with Gasteiger partial charge in [0, 0.05) is 41.3 Å². The average molecular weight is 896 g/mol. The largest absolute Gasteiger partial charge is 0.524 e. The first-order chi connectivity index (χ1) is 30.6. The second kappa shape index (κ2) is 18.0. The number of hydrogen-bond acceptors (Lipinski definition) is 7. The molecule has 64 heavy (non-hydrogen) atoms. The second-order valence-electron chi connectivity index (χ2n) is 14.9. The lowest BCUT2D eigenvalue weighted by Crippen LogP contribution is -2.24. The molecule has 1 amide bonds. The number of carbonyl (C=O) groups is 2. The van der Waals surface area contributed by atoms with Crippen LogP contribution in [-0.2, 0) is 15.7 Å². The summed E-state index contributed by atoms with van der Waals surface area (Å²) in [4.78, 5) is 64.4. The molecule has 0 fully saturated rings. The molecule has 0 saturated heterocycles. The summed E-state index contributed by atoms with van der Waals surface area (Å²) in [5.41, 5.74) is 8.98. The first kappa shape index (κ1) is 43.6. The number of benzene rings is 7. The second-order valence-corrected chi connectivity index (χ2v) is 17.3. The summed E-state index contributed by atoms with van der Waals surface area (Å²) >= 11 is 0. The fourth-order valence-corrected chi connectivity index (χ4v) is 8.52. The maximum atomic E-state index is 13.9. The van der Waals surface area contributed by atoms with Gasteiger partial charge in [0.2, 0.25) is 0 Å². The smallest absolute Gasteiger partial charge is 0.478 e. The number of carbonyl (C=O) groups excluding carboxylic acids is 1. The van der Waals surface area contributed by atoms with Crippen LogP contribution in [0.4, 0.5) is 0 Å². The van der Waals surface area contributed by atoms with E-state index < -0.39 is 33.4 Å². The van der Waals surface area contributed by atoms with Crippen molar-refractivity contribution in [3.63, 3.8) is 0 Å². The van der Waals surface area contributed by atoms with Crippen LogP contribution in [0, 0.1) is 6.92 Å². The molecule has 7 aromatic rings. The zero-order valence-electron chi connectivity index (χ0n) is 33.9. The van der Waals surface area contributed by atoms with Gasteiger partial charge in [-0.05, 0) is 81.8 Å². The summed E-state index contributed by atoms with van der Waals surface area (Å²) in [6, 6.07) is 48.7. The van der Waals surface area contributed by atoms with Gasteiger partial charge < -0.3 is 24.2 Å². The number of nitrogens with one attached hydrogen (secondary N) is 1. The molecule has 8 rings (SSSR count). The number of carboxylic acid groups (broad SMARTS) is 1. The normalized spacial score (nSPS) is 12.8. The Kier molecular flexibility index (Phi) is 12.2. The minimum atomic E-state index is -5.00. The predicted octanol–water partition coefficient (Wildman–Crippen LogP) is 9.86. The summed E-state index contributed by atoms with van der Waals surface area (Å²) in [6.07, 6.45) is 0. The van der Waals surface area contributed by atoms with E-state index in [-0.39, 0.29) is 46.2 Å². The molecule has 0 spiro atoms. The summed E-state index contributed by atoms with van der Waals surface area (Å²) < 4.78 is 38.9. The first-order valence-electron chi connectivity index (χ1n) is 19.7. The number of phosphoric ester groups is 2. The van der Waals surface area contributed by atoms with Crippen molar-refractivity contribution in [1.29, 1.82) is 0 Å². The van der Waals surface area contributed by atoms with Gasteiger partial charge in [0.05, 0.1) is 5.56 Å². The first-order valence-corrected chi connectivity index (χ1v) is 22.8. The third-order valence-electron chi connectivity index (χ3n) is 10.5. The van der Waals surface area contributed by atoms with Crippen molar-refractivity contribution in [3.8, 4) is 23.0 Å². The number of ether oxygens (including phenoxy) is 1. The molecule has 0 aromatic heterocycles. The molecular weight excluding hydrogens is 856 g/mol. The maximum Gasteiger partial charge on any atom is 0.524 e. The van der Waals surface area contributed by atoms with Crippen LogP contribution in [0.5, 0.6) is 23.0 Å². The molecule has 0 atom stereocenters. The van der Waals surface area contributed by atoms with Crippen LogP contribution in [0.25, 0.3) is 11.1 Å². The van der Waals surface area contributed by atoms with Crippen LogP contribution >= 0.6 is 15.6 Å². The SMILES string of the molecule is Cc1ccc(/C(=C(\c2ccccc2)c2ccc(CNC(=O)c3ccc(C(=O)O)c(C4c5ccc(OP(=O)(O)O)cc5Oc5cc(OP(=O)(O)O)ccc54)c3)cc2)c2ccccc2)cc1.